The Morgan fingerprint density at radius 1 is 1.10 bits per heavy atom. The van der Waals surface area contributed by atoms with Crippen molar-refractivity contribution in [3.05, 3.63) is 9.54 Å². The molecule has 0 atom stereocenters. The molecule has 0 aliphatic rings. The van der Waals surface area contributed by atoms with Crippen LogP contribution in [0.15, 0.2) is 0 Å². The molecule has 0 fully saturated rings. The van der Waals surface area contributed by atoms with Crippen molar-refractivity contribution in [2.24, 2.45) is 7.05 Å². The van der Waals surface area contributed by atoms with Gasteiger partial charge < -0.3 is 0 Å². The number of nitrogens with zero attached hydrogens (tertiary/aromatic N) is 1. The molecule has 0 saturated carbocycles. The number of hydrogen-bond donors (Lipinski definition) is 2. The molecule has 0 radical (unpaired) electrons. The molecule has 0 bridgehead atoms. The second-order valence-electron chi connectivity index (χ2n) is 1.42. The van der Waals surface area contributed by atoms with Crippen LogP contribution in [0.4, 0.5) is 0 Å². The van der Waals surface area contributed by atoms with Gasteiger partial charge in [0.25, 0.3) is 0 Å². The summed E-state index contributed by atoms with van der Waals surface area (Å²) in [5.41, 5.74) is 0. The fourth-order valence-corrected chi connectivity index (χ4v) is 0.709. The molecular formula is C3H5N3Na2S2+2. The summed E-state index contributed by atoms with van der Waals surface area (Å²) in [5, 5.41) is 5.37. The predicted molar refractivity (Wildman–Crippen MR) is 35.8 cm³/mol. The molecule has 0 saturated heterocycles. The molecule has 1 aromatic rings. The first-order valence-electron chi connectivity index (χ1n) is 2.05. The smallest absolute Gasteiger partial charge is 0.296 e. The first kappa shape index (κ1) is 14.1. The van der Waals surface area contributed by atoms with E-state index in [9.17, 15) is 0 Å². The van der Waals surface area contributed by atoms with E-state index in [4.69, 9.17) is 24.4 Å². The van der Waals surface area contributed by atoms with Gasteiger partial charge in [0, 0.05) is 7.05 Å². The van der Waals surface area contributed by atoms with Crippen LogP contribution < -0.4 is 59.1 Å². The Hall–Kier alpha value is 1.58. The van der Waals surface area contributed by atoms with Gasteiger partial charge in [0.1, 0.15) is 0 Å². The summed E-state index contributed by atoms with van der Waals surface area (Å²) in [6, 6.07) is 0. The fourth-order valence-electron chi connectivity index (χ4n) is 0.367. The minimum absolute atomic E-state index is 0. The van der Waals surface area contributed by atoms with Gasteiger partial charge in [0.2, 0.25) is 0 Å². The Balaban J connectivity index is 0. The molecule has 1 heterocycles. The van der Waals surface area contributed by atoms with Crippen LogP contribution in [-0.4, -0.2) is 14.8 Å². The Labute approximate surface area is 113 Å². The summed E-state index contributed by atoms with van der Waals surface area (Å²) in [6.07, 6.45) is 0. The molecule has 0 aliphatic heterocycles. The van der Waals surface area contributed by atoms with Gasteiger partial charge in [-0.15, -0.1) is 0 Å². The molecule has 3 nitrogen and oxygen atoms in total. The van der Waals surface area contributed by atoms with Crippen molar-refractivity contribution in [1.82, 2.24) is 14.8 Å². The molecule has 0 unspecified atom stereocenters. The number of hydrogen-bond acceptors (Lipinski definition) is 2. The molecule has 44 valence electrons. The van der Waals surface area contributed by atoms with Gasteiger partial charge >= 0.3 is 59.1 Å². The van der Waals surface area contributed by atoms with Crippen molar-refractivity contribution in [2.75, 3.05) is 0 Å². The number of H-pyrrole nitrogens is 2. The van der Waals surface area contributed by atoms with E-state index in [0.29, 0.717) is 9.54 Å². The third-order valence-corrected chi connectivity index (χ3v) is 1.64. The minimum atomic E-state index is 0. The van der Waals surface area contributed by atoms with E-state index in [0.717, 1.165) is 0 Å². The van der Waals surface area contributed by atoms with E-state index in [-0.39, 0.29) is 59.1 Å². The van der Waals surface area contributed by atoms with Gasteiger partial charge in [0.15, 0.2) is 9.54 Å². The van der Waals surface area contributed by atoms with Crippen LogP contribution in [0.1, 0.15) is 0 Å². The van der Waals surface area contributed by atoms with Gasteiger partial charge in [0.05, 0.1) is 0 Å². The summed E-state index contributed by atoms with van der Waals surface area (Å²) in [6.45, 7) is 0. The number of aromatic nitrogens is 3. The number of nitrogens with one attached hydrogen (secondary N) is 2. The van der Waals surface area contributed by atoms with Crippen molar-refractivity contribution in [3.63, 3.8) is 0 Å². The van der Waals surface area contributed by atoms with Crippen molar-refractivity contribution in [1.29, 1.82) is 0 Å². The second-order valence-corrected chi connectivity index (χ2v) is 2.19. The van der Waals surface area contributed by atoms with E-state index < -0.39 is 0 Å². The van der Waals surface area contributed by atoms with Crippen LogP contribution in [0.2, 0.25) is 0 Å². The molecule has 0 amide bonds. The molecule has 1 aromatic heterocycles. The zero-order valence-electron chi connectivity index (χ0n) is 6.26. The zero-order valence-corrected chi connectivity index (χ0v) is 11.9. The summed E-state index contributed by atoms with van der Waals surface area (Å²) in [4.78, 5) is 0. The quantitative estimate of drug-likeness (QED) is 0.320. The van der Waals surface area contributed by atoms with Crippen molar-refractivity contribution in [2.45, 2.75) is 0 Å². The maximum Gasteiger partial charge on any atom is 1.00 e. The van der Waals surface area contributed by atoms with Gasteiger partial charge in [-0.3, -0.25) is 14.8 Å². The zero-order chi connectivity index (χ0) is 6.15. The van der Waals surface area contributed by atoms with Crippen LogP contribution >= 0.6 is 24.4 Å². The maximum atomic E-state index is 4.78. The molecular weight excluding hydrogens is 188 g/mol. The molecule has 1 rings (SSSR count). The van der Waals surface area contributed by atoms with Gasteiger partial charge in [-0.05, 0) is 24.4 Å². The van der Waals surface area contributed by atoms with E-state index in [1.165, 1.54) is 0 Å². The number of aromatic amines is 2. The molecule has 0 spiro atoms. The van der Waals surface area contributed by atoms with Crippen molar-refractivity contribution < 1.29 is 59.1 Å². The SMILES string of the molecule is Cn1c(=S)[nH][nH]c1=S.[Na+].[Na+]. The van der Waals surface area contributed by atoms with E-state index in [2.05, 4.69) is 10.2 Å². The van der Waals surface area contributed by atoms with Gasteiger partial charge in [-0.25, -0.2) is 0 Å². The van der Waals surface area contributed by atoms with E-state index >= 15 is 0 Å². The first-order valence-corrected chi connectivity index (χ1v) is 2.87. The van der Waals surface area contributed by atoms with Crippen LogP contribution in [0.3, 0.4) is 0 Å². The normalized spacial score (nSPS) is 7.70. The largest absolute Gasteiger partial charge is 1.00 e. The average molecular weight is 193 g/mol. The fraction of sp³-hybridized carbons (Fsp3) is 0.333. The monoisotopic (exact) mass is 193 g/mol. The van der Waals surface area contributed by atoms with Crippen molar-refractivity contribution >= 4 is 24.4 Å². The van der Waals surface area contributed by atoms with Gasteiger partial charge in [-0.2, -0.15) is 0 Å². The van der Waals surface area contributed by atoms with E-state index in [1.54, 1.807) is 11.6 Å². The van der Waals surface area contributed by atoms with E-state index in [1.807, 2.05) is 0 Å². The molecule has 0 aromatic carbocycles. The topological polar surface area (TPSA) is 36.5 Å². The van der Waals surface area contributed by atoms with Crippen LogP contribution in [0.25, 0.3) is 0 Å². The predicted octanol–water partition coefficient (Wildman–Crippen LogP) is -4.85. The minimum Gasteiger partial charge on any atom is -0.296 e. The summed E-state index contributed by atoms with van der Waals surface area (Å²) < 4.78 is 2.93. The molecule has 7 heteroatoms. The Kier molecular flexibility index (Phi) is 8.67. The van der Waals surface area contributed by atoms with Crippen LogP contribution in [-0.2, 0) is 7.05 Å². The Bertz CT molecular complexity index is 257. The average Bonchev–Trinajstić information content (AvgIpc) is 1.98. The third-order valence-electron chi connectivity index (χ3n) is 0.886. The Morgan fingerprint density at radius 3 is 1.50 bits per heavy atom. The first-order chi connectivity index (χ1) is 3.72. The molecule has 10 heavy (non-hydrogen) atoms. The summed E-state index contributed by atoms with van der Waals surface area (Å²) in [7, 11) is 1.80. The Morgan fingerprint density at radius 2 is 1.40 bits per heavy atom. The van der Waals surface area contributed by atoms with Crippen LogP contribution in [0.5, 0.6) is 0 Å². The third kappa shape index (κ3) is 3.32. The van der Waals surface area contributed by atoms with Gasteiger partial charge in [-0.1, -0.05) is 0 Å². The maximum absolute atomic E-state index is 4.78. The standard InChI is InChI=1S/C3H5N3S2.2Na/c1-6-2(7)4-5-3(6)8;;/h1H3,(H,4,7)(H,5,8);;/q;2*+1. The number of rotatable bonds is 0. The van der Waals surface area contributed by atoms with Crippen molar-refractivity contribution in [3.8, 4) is 0 Å². The second kappa shape index (κ2) is 6.14. The van der Waals surface area contributed by atoms with Crippen LogP contribution in [0, 0.1) is 9.54 Å². The summed E-state index contributed by atoms with van der Waals surface area (Å²) in [5.74, 6) is 0. The summed E-state index contributed by atoms with van der Waals surface area (Å²) >= 11 is 9.57. The molecule has 0 aliphatic carbocycles. The molecule has 2 N–H and O–H groups in total.